The molecule has 2 N–H and O–H groups in total. The van der Waals surface area contributed by atoms with E-state index in [1.54, 1.807) is 0 Å². The van der Waals surface area contributed by atoms with Crippen LogP contribution in [0.3, 0.4) is 0 Å². The molecule has 0 unspecified atom stereocenters. The van der Waals surface area contributed by atoms with Gasteiger partial charge in [-0.1, -0.05) is 6.92 Å². The Kier molecular flexibility index (Phi) is 6.22. The number of hydrogen-bond acceptors (Lipinski definition) is 2. The maximum Gasteiger partial charge on any atom is 0.226 e. The molecule has 15 heavy (non-hydrogen) atoms. The highest BCUT2D eigenvalue weighted by Crippen LogP contribution is 2.32. The van der Waals surface area contributed by atoms with Crippen molar-refractivity contribution in [3.05, 3.63) is 0 Å². The molecule has 0 spiro atoms. The SMILES string of the molecule is CCC1(C(=O)NC(C)C)CCNCC1.Cl. The second kappa shape index (κ2) is 6.33. The maximum absolute atomic E-state index is 12.0. The van der Waals surface area contributed by atoms with Crippen LogP contribution in [0.5, 0.6) is 0 Å². The van der Waals surface area contributed by atoms with Gasteiger partial charge in [-0.3, -0.25) is 4.79 Å². The summed E-state index contributed by atoms with van der Waals surface area (Å²) in [6, 6.07) is 0.251. The number of amides is 1. The van der Waals surface area contributed by atoms with E-state index in [0.717, 1.165) is 32.4 Å². The van der Waals surface area contributed by atoms with Crippen LogP contribution < -0.4 is 10.6 Å². The summed E-state index contributed by atoms with van der Waals surface area (Å²) in [5, 5.41) is 6.34. The highest BCUT2D eigenvalue weighted by molar-refractivity contribution is 5.85. The average Bonchev–Trinajstić information content (AvgIpc) is 2.18. The van der Waals surface area contributed by atoms with Crippen LogP contribution in [0.15, 0.2) is 0 Å². The van der Waals surface area contributed by atoms with Crippen molar-refractivity contribution in [2.24, 2.45) is 5.41 Å². The van der Waals surface area contributed by atoms with E-state index in [2.05, 4.69) is 17.6 Å². The van der Waals surface area contributed by atoms with Crippen molar-refractivity contribution < 1.29 is 4.79 Å². The summed E-state index contributed by atoms with van der Waals surface area (Å²) in [5.74, 6) is 0.247. The van der Waals surface area contributed by atoms with E-state index in [0.29, 0.717) is 0 Å². The molecule has 0 aromatic heterocycles. The predicted molar refractivity (Wildman–Crippen MR) is 65.4 cm³/mol. The molecule has 3 nitrogen and oxygen atoms in total. The largest absolute Gasteiger partial charge is 0.353 e. The molecule has 90 valence electrons. The Bertz CT molecular complexity index is 201. The van der Waals surface area contributed by atoms with E-state index in [4.69, 9.17) is 0 Å². The molecule has 1 heterocycles. The molecular weight excluding hydrogens is 212 g/mol. The van der Waals surface area contributed by atoms with Gasteiger partial charge in [0, 0.05) is 6.04 Å². The molecule has 1 aliphatic heterocycles. The molecule has 0 atom stereocenters. The van der Waals surface area contributed by atoms with Gasteiger partial charge in [0.05, 0.1) is 5.41 Å². The van der Waals surface area contributed by atoms with Gasteiger partial charge in [-0.15, -0.1) is 12.4 Å². The summed E-state index contributed by atoms with van der Waals surface area (Å²) in [7, 11) is 0. The van der Waals surface area contributed by atoms with Gasteiger partial charge in [0.1, 0.15) is 0 Å². The first-order valence-electron chi connectivity index (χ1n) is 5.62. The fraction of sp³-hybridized carbons (Fsp3) is 0.909. The minimum absolute atomic E-state index is 0. The third kappa shape index (κ3) is 3.65. The van der Waals surface area contributed by atoms with Crippen LogP contribution in [0.1, 0.15) is 40.0 Å². The Balaban J connectivity index is 0.00000196. The lowest BCUT2D eigenvalue weighted by Crippen LogP contribution is -2.48. The van der Waals surface area contributed by atoms with Crippen molar-refractivity contribution in [2.45, 2.75) is 46.1 Å². The van der Waals surface area contributed by atoms with Crippen LogP contribution in [0.25, 0.3) is 0 Å². The van der Waals surface area contributed by atoms with Gasteiger partial charge in [-0.2, -0.15) is 0 Å². The normalized spacial score (nSPS) is 19.5. The lowest BCUT2D eigenvalue weighted by Gasteiger charge is -2.35. The zero-order valence-electron chi connectivity index (χ0n) is 9.93. The summed E-state index contributed by atoms with van der Waals surface area (Å²) in [6.07, 6.45) is 2.90. The molecule has 0 saturated carbocycles. The van der Waals surface area contributed by atoms with Crippen LogP contribution in [-0.2, 0) is 4.79 Å². The smallest absolute Gasteiger partial charge is 0.226 e. The number of halogens is 1. The van der Waals surface area contributed by atoms with Crippen molar-refractivity contribution in [3.8, 4) is 0 Å². The minimum Gasteiger partial charge on any atom is -0.353 e. The average molecular weight is 235 g/mol. The monoisotopic (exact) mass is 234 g/mol. The maximum atomic E-state index is 12.0. The van der Waals surface area contributed by atoms with Crippen molar-refractivity contribution in [2.75, 3.05) is 13.1 Å². The van der Waals surface area contributed by atoms with E-state index in [1.807, 2.05) is 13.8 Å². The highest BCUT2D eigenvalue weighted by atomic mass is 35.5. The third-order valence-corrected chi connectivity index (χ3v) is 3.14. The molecule has 0 aromatic carbocycles. The van der Waals surface area contributed by atoms with E-state index in [9.17, 15) is 4.79 Å². The van der Waals surface area contributed by atoms with Crippen LogP contribution in [0.2, 0.25) is 0 Å². The lowest BCUT2D eigenvalue weighted by atomic mass is 9.76. The number of rotatable bonds is 3. The highest BCUT2D eigenvalue weighted by Gasteiger charge is 2.37. The number of piperidine rings is 1. The molecule has 1 aliphatic rings. The molecule has 1 fully saturated rings. The lowest BCUT2D eigenvalue weighted by molar-refractivity contribution is -0.133. The number of hydrogen-bond donors (Lipinski definition) is 2. The predicted octanol–water partition coefficient (Wildman–Crippen LogP) is 1.71. The fourth-order valence-corrected chi connectivity index (χ4v) is 2.06. The molecule has 0 bridgehead atoms. The van der Waals surface area contributed by atoms with Crippen molar-refractivity contribution in [1.29, 1.82) is 0 Å². The van der Waals surface area contributed by atoms with E-state index >= 15 is 0 Å². The van der Waals surface area contributed by atoms with E-state index in [1.165, 1.54) is 0 Å². The first kappa shape index (κ1) is 14.7. The van der Waals surface area contributed by atoms with E-state index < -0.39 is 0 Å². The Morgan fingerprint density at radius 2 is 1.93 bits per heavy atom. The zero-order valence-corrected chi connectivity index (χ0v) is 10.7. The van der Waals surface area contributed by atoms with Crippen molar-refractivity contribution in [3.63, 3.8) is 0 Å². The summed E-state index contributed by atoms with van der Waals surface area (Å²) in [4.78, 5) is 12.0. The number of carbonyl (C=O) groups excluding carboxylic acids is 1. The summed E-state index contributed by atoms with van der Waals surface area (Å²) in [5.41, 5.74) is -0.102. The molecule has 1 saturated heterocycles. The first-order valence-corrected chi connectivity index (χ1v) is 5.62. The van der Waals surface area contributed by atoms with Crippen molar-refractivity contribution in [1.82, 2.24) is 10.6 Å². The van der Waals surface area contributed by atoms with Gasteiger partial charge in [-0.25, -0.2) is 0 Å². The van der Waals surface area contributed by atoms with Crippen LogP contribution in [0.4, 0.5) is 0 Å². The Hall–Kier alpha value is -0.280. The Morgan fingerprint density at radius 3 is 2.33 bits per heavy atom. The quantitative estimate of drug-likeness (QED) is 0.781. The Morgan fingerprint density at radius 1 is 1.40 bits per heavy atom. The van der Waals surface area contributed by atoms with Crippen molar-refractivity contribution >= 4 is 18.3 Å². The third-order valence-electron chi connectivity index (χ3n) is 3.14. The summed E-state index contributed by atoms with van der Waals surface area (Å²) >= 11 is 0. The minimum atomic E-state index is -0.102. The Labute approximate surface area is 98.8 Å². The fourth-order valence-electron chi connectivity index (χ4n) is 2.06. The molecule has 4 heteroatoms. The molecule has 1 rings (SSSR count). The van der Waals surface area contributed by atoms with Crippen LogP contribution >= 0.6 is 12.4 Å². The molecular formula is C11H23ClN2O. The number of nitrogens with one attached hydrogen (secondary N) is 2. The number of carbonyl (C=O) groups is 1. The van der Waals surface area contributed by atoms with Crippen LogP contribution in [-0.4, -0.2) is 25.0 Å². The van der Waals surface area contributed by atoms with Gasteiger partial charge < -0.3 is 10.6 Å². The van der Waals surface area contributed by atoms with Gasteiger partial charge in [0.2, 0.25) is 5.91 Å². The zero-order chi connectivity index (χ0) is 10.6. The summed E-state index contributed by atoms with van der Waals surface area (Å²) in [6.45, 7) is 8.09. The topological polar surface area (TPSA) is 41.1 Å². The van der Waals surface area contributed by atoms with Gasteiger partial charge in [0.25, 0.3) is 0 Å². The molecule has 1 amide bonds. The molecule has 0 radical (unpaired) electrons. The van der Waals surface area contributed by atoms with E-state index in [-0.39, 0.29) is 29.8 Å². The first-order chi connectivity index (χ1) is 6.60. The second-order valence-electron chi connectivity index (χ2n) is 4.51. The van der Waals surface area contributed by atoms with Gasteiger partial charge >= 0.3 is 0 Å². The van der Waals surface area contributed by atoms with Gasteiger partial charge in [-0.05, 0) is 46.2 Å². The van der Waals surface area contributed by atoms with Crippen LogP contribution in [0, 0.1) is 5.41 Å². The summed E-state index contributed by atoms with van der Waals surface area (Å²) < 4.78 is 0. The molecule has 0 aliphatic carbocycles. The standard InChI is InChI=1S/C11H22N2O.ClH/c1-4-11(5-7-12-8-6-11)10(14)13-9(2)3;/h9,12H,4-8H2,1-3H3,(H,13,14);1H. The second-order valence-corrected chi connectivity index (χ2v) is 4.51. The van der Waals surface area contributed by atoms with Gasteiger partial charge in [0.15, 0.2) is 0 Å². The molecule has 0 aromatic rings.